The van der Waals surface area contributed by atoms with Crippen LogP contribution in [0.25, 0.3) is 0 Å². The predicted octanol–water partition coefficient (Wildman–Crippen LogP) is 3.23. The number of guanidine groups is 1. The van der Waals surface area contributed by atoms with E-state index in [1.54, 1.807) is 0 Å². The van der Waals surface area contributed by atoms with Crippen LogP contribution < -0.4 is 10.6 Å². The maximum Gasteiger partial charge on any atom is 0.191 e. The number of piperidine rings is 1. The number of benzene rings is 1. The maximum atomic E-state index is 4.72. The zero-order valence-corrected chi connectivity index (χ0v) is 16.5. The topological polar surface area (TPSA) is 44.6 Å². The third-order valence-electron chi connectivity index (χ3n) is 4.97. The van der Waals surface area contributed by atoms with Crippen LogP contribution in [0, 0.1) is 0 Å². The molecule has 0 amide bonds. The normalized spacial score (nSPS) is 15.7. The number of nitrogens with zero attached hydrogens (tertiary/aromatic N) is 3. The van der Waals surface area contributed by atoms with Crippen LogP contribution in [0.1, 0.15) is 37.3 Å². The highest BCUT2D eigenvalue weighted by Crippen LogP contribution is 2.14. The van der Waals surface area contributed by atoms with Crippen LogP contribution in [-0.2, 0) is 19.6 Å². The molecule has 2 aromatic rings. The standard InChI is InChI=1S/C22H33N5/c1-2-23-22(24-12-17-26-13-6-7-14-26)25-18-20-8-10-21(11-9-20)19-27-15-4-3-5-16-27/h6-11,13-14H,2-5,12,15-19H2,1H3,(H2,23,24,25). The molecule has 0 atom stereocenters. The molecule has 0 saturated carbocycles. The summed E-state index contributed by atoms with van der Waals surface area (Å²) in [6.45, 7) is 9.01. The Balaban J connectivity index is 1.47. The summed E-state index contributed by atoms with van der Waals surface area (Å²) in [4.78, 5) is 7.29. The first kappa shape index (κ1) is 19.5. The zero-order chi connectivity index (χ0) is 18.7. The van der Waals surface area contributed by atoms with Crippen LogP contribution in [0.5, 0.6) is 0 Å². The van der Waals surface area contributed by atoms with Crippen molar-refractivity contribution >= 4 is 5.96 Å². The van der Waals surface area contributed by atoms with Gasteiger partial charge in [-0.25, -0.2) is 4.99 Å². The zero-order valence-electron chi connectivity index (χ0n) is 16.5. The minimum Gasteiger partial charge on any atom is -0.357 e. The largest absolute Gasteiger partial charge is 0.357 e. The molecule has 1 aromatic carbocycles. The molecule has 1 aliphatic heterocycles. The Labute approximate surface area is 163 Å². The predicted molar refractivity (Wildman–Crippen MR) is 113 cm³/mol. The first-order chi connectivity index (χ1) is 13.3. The van der Waals surface area contributed by atoms with Crippen LogP contribution in [0.4, 0.5) is 0 Å². The summed E-state index contributed by atoms with van der Waals surface area (Å²) in [5.74, 6) is 0.877. The van der Waals surface area contributed by atoms with Gasteiger partial charge in [-0.3, -0.25) is 4.90 Å². The van der Waals surface area contributed by atoms with Crippen molar-refractivity contribution in [1.82, 2.24) is 20.1 Å². The van der Waals surface area contributed by atoms with Gasteiger partial charge >= 0.3 is 0 Å². The van der Waals surface area contributed by atoms with Crippen molar-refractivity contribution in [1.29, 1.82) is 0 Å². The van der Waals surface area contributed by atoms with Crippen LogP contribution in [0.2, 0.25) is 0 Å². The molecule has 1 aliphatic rings. The quantitative estimate of drug-likeness (QED) is 0.556. The van der Waals surface area contributed by atoms with E-state index in [4.69, 9.17) is 4.99 Å². The molecule has 1 saturated heterocycles. The van der Waals surface area contributed by atoms with Gasteiger partial charge in [0.1, 0.15) is 0 Å². The summed E-state index contributed by atoms with van der Waals surface area (Å²) in [7, 11) is 0. The average Bonchev–Trinajstić information content (AvgIpc) is 3.21. The Hall–Kier alpha value is -2.27. The van der Waals surface area contributed by atoms with Crippen molar-refractivity contribution in [3.05, 3.63) is 59.9 Å². The van der Waals surface area contributed by atoms with Crippen LogP contribution in [-0.4, -0.2) is 41.6 Å². The van der Waals surface area contributed by atoms with Crippen molar-refractivity contribution in [2.24, 2.45) is 4.99 Å². The molecule has 0 unspecified atom stereocenters. The lowest BCUT2D eigenvalue weighted by atomic mass is 10.1. The Morgan fingerprint density at radius 1 is 0.963 bits per heavy atom. The van der Waals surface area contributed by atoms with Crippen molar-refractivity contribution < 1.29 is 0 Å². The van der Waals surface area contributed by atoms with Crippen LogP contribution in [0.15, 0.2) is 53.8 Å². The smallest absolute Gasteiger partial charge is 0.191 e. The second-order valence-electron chi connectivity index (χ2n) is 7.20. The fraction of sp³-hybridized carbons (Fsp3) is 0.500. The Bertz CT molecular complexity index is 669. The highest BCUT2D eigenvalue weighted by Gasteiger charge is 2.10. The van der Waals surface area contributed by atoms with E-state index in [-0.39, 0.29) is 0 Å². The van der Waals surface area contributed by atoms with E-state index in [1.165, 1.54) is 43.5 Å². The van der Waals surface area contributed by atoms with Crippen molar-refractivity contribution in [3.63, 3.8) is 0 Å². The Morgan fingerprint density at radius 2 is 1.67 bits per heavy atom. The second kappa shape index (κ2) is 10.8. The molecule has 0 radical (unpaired) electrons. The molecule has 146 valence electrons. The first-order valence-corrected chi connectivity index (χ1v) is 10.3. The molecule has 3 rings (SSSR count). The molecule has 1 aromatic heterocycles. The third-order valence-corrected chi connectivity index (χ3v) is 4.97. The van der Waals surface area contributed by atoms with Gasteiger partial charge in [-0.2, -0.15) is 0 Å². The van der Waals surface area contributed by atoms with Gasteiger partial charge in [-0.1, -0.05) is 30.7 Å². The summed E-state index contributed by atoms with van der Waals surface area (Å²) in [5.41, 5.74) is 2.65. The molecule has 0 spiro atoms. The van der Waals surface area contributed by atoms with E-state index in [0.29, 0.717) is 6.54 Å². The van der Waals surface area contributed by atoms with Crippen molar-refractivity contribution in [2.45, 2.75) is 45.8 Å². The van der Waals surface area contributed by atoms with Crippen molar-refractivity contribution in [3.8, 4) is 0 Å². The molecule has 5 heteroatoms. The number of likely N-dealkylation sites (tertiary alicyclic amines) is 1. The second-order valence-corrected chi connectivity index (χ2v) is 7.20. The fourth-order valence-electron chi connectivity index (χ4n) is 3.46. The minimum absolute atomic E-state index is 0.697. The minimum atomic E-state index is 0.697. The molecular weight excluding hydrogens is 334 g/mol. The molecule has 2 N–H and O–H groups in total. The Kier molecular flexibility index (Phi) is 7.78. The molecule has 27 heavy (non-hydrogen) atoms. The van der Waals surface area contributed by atoms with E-state index >= 15 is 0 Å². The number of hydrogen-bond donors (Lipinski definition) is 2. The monoisotopic (exact) mass is 367 g/mol. The molecule has 2 heterocycles. The number of rotatable bonds is 8. The lowest BCUT2D eigenvalue weighted by molar-refractivity contribution is 0.221. The molecule has 1 fully saturated rings. The Morgan fingerprint density at radius 3 is 2.37 bits per heavy atom. The summed E-state index contributed by atoms with van der Waals surface area (Å²) in [5, 5.41) is 6.73. The van der Waals surface area contributed by atoms with Crippen LogP contribution in [0.3, 0.4) is 0 Å². The van der Waals surface area contributed by atoms with Gasteiger partial charge in [0.2, 0.25) is 0 Å². The fourth-order valence-corrected chi connectivity index (χ4v) is 3.46. The molecule has 0 bridgehead atoms. The van der Waals surface area contributed by atoms with Gasteiger partial charge < -0.3 is 15.2 Å². The van der Waals surface area contributed by atoms with E-state index in [9.17, 15) is 0 Å². The van der Waals surface area contributed by atoms with E-state index < -0.39 is 0 Å². The summed E-state index contributed by atoms with van der Waals surface area (Å²) < 4.78 is 2.16. The van der Waals surface area contributed by atoms with E-state index in [2.05, 4.69) is 63.7 Å². The van der Waals surface area contributed by atoms with Gasteiger partial charge in [0.05, 0.1) is 6.54 Å². The van der Waals surface area contributed by atoms with Crippen LogP contribution >= 0.6 is 0 Å². The molecular formula is C22H33N5. The number of aromatic nitrogens is 1. The average molecular weight is 368 g/mol. The first-order valence-electron chi connectivity index (χ1n) is 10.3. The SMILES string of the molecule is CCNC(=NCc1ccc(CN2CCCCC2)cc1)NCCn1cccc1. The van der Waals surface area contributed by atoms with Gasteiger partial charge in [0.15, 0.2) is 5.96 Å². The molecule has 0 aliphatic carbocycles. The number of aliphatic imine (C=N–C) groups is 1. The van der Waals surface area contributed by atoms with Gasteiger partial charge in [0, 0.05) is 38.6 Å². The summed E-state index contributed by atoms with van der Waals surface area (Å²) in [6.07, 6.45) is 8.24. The van der Waals surface area contributed by atoms with E-state index in [1.807, 2.05) is 12.1 Å². The third kappa shape index (κ3) is 6.75. The van der Waals surface area contributed by atoms with Gasteiger partial charge in [-0.15, -0.1) is 0 Å². The number of hydrogen-bond acceptors (Lipinski definition) is 2. The lowest BCUT2D eigenvalue weighted by Crippen LogP contribution is -2.38. The highest BCUT2D eigenvalue weighted by atomic mass is 15.2. The maximum absolute atomic E-state index is 4.72. The van der Waals surface area contributed by atoms with Gasteiger partial charge in [0.25, 0.3) is 0 Å². The lowest BCUT2D eigenvalue weighted by Gasteiger charge is -2.26. The van der Waals surface area contributed by atoms with Crippen molar-refractivity contribution in [2.75, 3.05) is 26.2 Å². The summed E-state index contributed by atoms with van der Waals surface area (Å²) >= 11 is 0. The highest BCUT2D eigenvalue weighted by molar-refractivity contribution is 5.79. The molecule has 5 nitrogen and oxygen atoms in total. The summed E-state index contributed by atoms with van der Waals surface area (Å²) in [6, 6.07) is 13.0. The van der Waals surface area contributed by atoms with Gasteiger partial charge in [-0.05, 0) is 56.1 Å². The number of nitrogens with one attached hydrogen (secondary N) is 2. The van der Waals surface area contributed by atoms with E-state index in [0.717, 1.165) is 32.1 Å².